The summed E-state index contributed by atoms with van der Waals surface area (Å²) in [5.41, 5.74) is 7.44. The van der Waals surface area contributed by atoms with Crippen LogP contribution in [0.15, 0.2) is 41.4 Å². The molecule has 0 unspecified atom stereocenters. The number of halogens is 4. The van der Waals surface area contributed by atoms with Crippen LogP contribution in [0.25, 0.3) is 0 Å². The predicted octanol–water partition coefficient (Wildman–Crippen LogP) is 5.12. The molecule has 3 N–H and O–H groups in total. The highest BCUT2D eigenvalue weighted by Gasteiger charge is 2.10. The molecule has 0 heterocycles. The highest BCUT2D eigenvalue weighted by molar-refractivity contribution is 6.42. The number of nitrogens with two attached hydrogens (primary N) is 1. The van der Waals surface area contributed by atoms with Crippen molar-refractivity contribution in [2.45, 2.75) is 0 Å². The van der Waals surface area contributed by atoms with Crippen LogP contribution in [0.4, 0.5) is 11.4 Å². The molecule has 0 aromatic heterocycles. The van der Waals surface area contributed by atoms with Crippen LogP contribution in [0, 0.1) is 0 Å². The Balaban J connectivity index is 2.04. The van der Waals surface area contributed by atoms with Crippen molar-refractivity contribution in [3.8, 4) is 0 Å². The molecule has 0 saturated carbocycles. The second kappa shape index (κ2) is 7.97. The molecule has 23 heavy (non-hydrogen) atoms. The fourth-order valence-corrected chi connectivity index (χ4v) is 2.50. The van der Waals surface area contributed by atoms with E-state index in [9.17, 15) is 0 Å². The standard InChI is InChI=1S/C15H14Cl4N4/c1-23(14-6-9(16)2-4-12(14)18)15(20)22-8-21-10-3-5-11(17)13(19)7-10/h2-7,21H,8H2,1H3,(H2,20,22). The van der Waals surface area contributed by atoms with Gasteiger partial charge in [-0.25, -0.2) is 4.99 Å². The zero-order valence-electron chi connectivity index (χ0n) is 12.2. The molecule has 8 heteroatoms. The summed E-state index contributed by atoms with van der Waals surface area (Å²) in [7, 11) is 1.76. The van der Waals surface area contributed by atoms with E-state index in [0.717, 1.165) is 5.69 Å². The van der Waals surface area contributed by atoms with Gasteiger partial charge in [0.1, 0.15) is 6.67 Å². The molecule has 0 aliphatic heterocycles. The minimum absolute atomic E-state index is 0.270. The number of benzene rings is 2. The summed E-state index contributed by atoms with van der Waals surface area (Å²) in [4.78, 5) is 5.91. The van der Waals surface area contributed by atoms with Crippen molar-refractivity contribution < 1.29 is 0 Å². The van der Waals surface area contributed by atoms with Gasteiger partial charge in [-0.2, -0.15) is 0 Å². The average Bonchev–Trinajstić information content (AvgIpc) is 2.52. The van der Waals surface area contributed by atoms with Crippen molar-refractivity contribution in [1.82, 2.24) is 0 Å². The molecule has 0 amide bonds. The number of hydrogen-bond acceptors (Lipinski definition) is 2. The number of aliphatic imine (C=N–C) groups is 1. The maximum Gasteiger partial charge on any atom is 0.197 e. The monoisotopic (exact) mass is 390 g/mol. The number of nitrogens with zero attached hydrogens (tertiary/aromatic N) is 2. The molecule has 2 aromatic carbocycles. The van der Waals surface area contributed by atoms with Crippen LogP contribution < -0.4 is 16.0 Å². The normalized spacial score (nSPS) is 11.4. The van der Waals surface area contributed by atoms with Gasteiger partial charge in [0.2, 0.25) is 0 Å². The smallest absolute Gasteiger partial charge is 0.197 e. The lowest BCUT2D eigenvalue weighted by Gasteiger charge is -2.20. The van der Waals surface area contributed by atoms with Crippen molar-refractivity contribution in [3.05, 3.63) is 56.5 Å². The molecule has 0 aliphatic carbocycles. The molecule has 0 fully saturated rings. The Labute approximate surface area is 154 Å². The summed E-state index contributed by atoms with van der Waals surface area (Å²) in [6, 6.07) is 10.4. The maximum atomic E-state index is 6.14. The van der Waals surface area contributed by atoms with Gasteiger partial charge >= 0.3 is 0 Å². The fourth-order valence-electron chi connectivity index (χ4n) is 1.79. The third kappa shape index (κ3) is 4.82. The molecule has 2 aromatic rings. The summed E-state index contributed by atoms with van der Waals surface area (Å²) < 4.78 is 0. The Morgan fingerprint density at radius 2 is 1.74 bits per heavy atom. The van der Waals surface area contributed by atoms with Crippen molar-refractivity contribution in [2.75, 3.05) is 23.9 Å². The largest absolute Gasteiger partial charge is 0.369 e. The van der Waals surface area contributed by atoms with Gasteiger partial charge in [-0.3, -0.25) is 0 Å². The first-order chi connectivity index (χ1) is 10.9. The van der Waals surface area contributed by atoms with Crippen LogP contribution >= 0.6 is 46.4 Å². The quantitative estimate of drug-likeness (QED) is 0.561. The first-order valence-electron chi connectivity index (χ1n) is 6.56. The number of hydrogen-bond donors (Lipinski definition) is 2. The Hall–Kier alpha value is -1.33. The van der Waals surface area contributed by atoms with Gasteiger partial charge in [0, 0.05) is 17.8 Å². The lowest BCUT2D eigenvalue weighted by Crippen LogP contribution is -2.34. The van der Waals surface area contributed by atoms with Crippen molar-refractivity contribution >= 4 is 63.7 Å². The van der Waals surface area contributed by atoms with Crippen LogP contribution in [-0.4, -0.2) is 19.7 Å². The fraction of sp³-hybridized carbons (Fsp3) is 0.133. The van der Waals surface area contributed by atoms with E-state index in [1.165, 1.54) is 0 Å². The van der Waals surface area contributed by atoms with E-state index in [2.05, 4.69) is 10.3 Å². The molecule has 122 valence electrons. The summed E-state index contributed by atoms with van der Waals surface area (Å²) in [5, 5.41) is 5.15. The van der Waals surface area contributed by atoms with E-state index < -0.39 is 0 Å². The van der Waals surface area contributed by atoms with Crippen molar-refractivity contribution in [3.63, 3.8) is 0 Å². The van der Waals surface area contributed by atoms with Crippen LogP contribution in [-0.2, 0) is 0 Å². The zero-order chi connectivity index (χ0) is 17.0. The Kier molecular flexibility index (Phi) is 6.25. The predicted molar refractivity (Wildman–Crippen MR) is 101 cm³/mol. The highest BCUT2D eigenvalue weighted by Crippen LogP contribution is 2.28. The van der Waals surface area contributed by atoms with E-state index in [-0.39, 0.29) is 6.67 Å². The second-order valence-electron chi connectivity index (χ2n) is 4.63. The molecule has 2 rings (SSSR count). The molecule has 0 bridgehead atoms. The van der Waals surface area contributed by atoms with Gasteiger partial charge in [-0.1, -0.05) is 46.4 Å². The lowest BCUT2D eigenvalue weighted by atomic mass is 10.3. The minimum atomic E-state index is 0.270. The first kappa shape index (κ1) is 18.0. The summed E-state index contributed by atoms with van der Waals surface area (Å²) >= 11 is 23.9. The van der Waals surface area contributed by atoms with Gasteiger partial charge in [0.25, 0.3) is 0 Å². The van der Waals surface area contributed by atoms with E-state index in [0.29, 0.717) is 31.7 Å². The minimum Gasteiger partial charge on any atom is -0.369 e. The van der Waals surface area contributed by atoms with Crippen LogP contribution in [0.5, 0.6) is 0 Å². The van der Waals surface area contributed by atoms with Gasteiger partial charge < -0.3 is 16.0 Å². The first-order valence-corrected chi connectivity index (χ1v) is 8.07. The number of anilines is 2. The number of rotatable bonds is 4. The maximum absolute atomic E-state index is 6.14. The summed E-state index contributed by atoms with van der Waals surface area (Å²) in [5.74, 6) is 0.293. The average molecular weight is 392 g/mol. The van der Waals surface area contributed by atoms with Gasteiger partial charge in [-0.05, 0) is 36.4 Å². The molecular weight excluding hydrogens is 378 g/mol. The van der Waals surface area contributed by atoms with Crippen molar-refractivity contribution in [2.24, 2.45) is 10.7 Å². The third-order valence-corrected chi connectivity index (χ3v) is 4.35. The molecule has 0 radical (unpaired) electrons. The summed E-state index contributed by atoms with van der Waals surface area (Å²) in [6.45, 7) is 0.270. The van der Waals surface area contributed by atoms with Gasteiger partial charge in [0.15, 0.2) is 5.96 Å². The Morgan fingerprint density at radius 3 is 2.43 bits per heavy atom. The van der Waals surface area contributed by atoms with Crippen LogP contribution in [0.2, 0.25) is 20.1 Å². The molecule has 0 atom stereocenters. The molecule has 0 saturated heterocycles. The number of nitrogens with one attached hydrogen (secondary N) is 1. The summed E-state index contributed by atoms with van der Waals surface area (Å²) in [6.07, 6.45) is 0. The van der Waals surface area contributed by atoms with Crippen LogP contribution in [0.1, 0.15) is 0 Å². The van der Waals surface area contributed by atoms with E-state index >= 15 is 0 Å². The molecular formula is C15H14Cl4N4. The SMILES string of the molecule is CN(C(N)=NCNc1ccc(Cl)c(Cl)c1)c1cc(Cl)ccc1Cl. The molecule has 0 spiro atoms. The molecule has 4 nitrogen and oxygen atoms in total. The van der Waals surface area contributed by atoms with E-state index in [4.69, 9.17) is 52.1 Å². The third-order valence-electron chi connectivity index (χ3n) is 3.06. The highest BCUT2D eigenvalue weighted by atomic mass is 35.5. The Bertz CT molecular complexity index is 733. The van der Waals surface area contributed by atoms with Gasteiger partial charge in [-0.15, -0.1) is 0 Å². The topological polar surface area (TPSA) is 53.6 Å². The van der Waals surface area contributed by atoms with E-state index in [1.807, 2.05) is 0 Å². The Morgan fingerprint density at radius 1 is 1.04 bits per heavy atom. The van der Waals surface area contributed by atoms with Gasteiger partial charge in [0.05, 0.1) is 20.8 Å². The second-order valence-corrected chi connectivity index (χ2v) is 6.29. The van der Waals surface area contributed by atoms with E-state index in [1.54, 1.807) is 48.3 Å². The lowest BCUT2D eigenvalue weighted by molar-refractivity contribution is 1.09. The number of guanidine groups is 1. The zero-order valence-corrected chi connectivity index (χ0v) is 15.2. The van der Waals surface area contributed by atoms with Crippen molar-refractivity contribution in [1.29, 1.82) is 0 Å². The van der Waals surface area contributed by atoms with Crippen LogP contribution in [0.3, 0.4) is 0 Å². The molecule has 0 aliphatic rings.